The molecule has 0 atom stereocenters. The van der Waals surface area contributed by atoms with E-state index in [9.17, 15) is 0 Å². The zero-order valence-corrected chi connectivity index (χ0v) is 16.0. The second-order valence-corrected chi connectivity index (χ2v) is 7.32. The minimum Gasteiger partial charge on any atom is -0.492 e. The molecule has 132 valence electrons. The van der Waals surface area contributed by atoms with Gasteiger partial charge < -0.3 is 14.6 Å². The van der Waals surface area contributed by atoms with E-state index in [4.69, 9.17) is 4.74 Å². The third-order valence-corrected chi connectivity index (χ3v) is 5.46. The van der Waals surface area contributed by atoms with E-state index < -0.39 is 0 Å². The summed E-state index contributed by atoms with van der Waals surface area (Å²) < 4.78 is 8.61. The average Bonchev–Trinajstić information content (AvgIpc) is 3.21. The first-order chi connectivity index (χ1) is 12.2. The van der Waals surface area contributed by atoms with Crippen molar-refractivity contribution in [3.63, 3.8) is 0 Å². The van der Waals surface area contributed by atoms with Gasteiger partial charge in [-0.05, 0) is 32.9 Å². The van der Waals surface area contributed by atoms with E-state index in [0.717, 1.165) is 44.9 Å². The highest BCUT2D eigenvalue weighted by Crippen LogP contribution is 2.32. The number of thioether (sulfide) groups is 1. The van der Waals surface area contributed by atoms with Crippen molar-refractivity contribution in [2.24, 2.45) is 0 Å². The fraction of sp³-hybridized carbons (Fsp3) is 0.375. The number of para-hydroxylation sites is 2. The van der Waals surface area contributed by atoms with Crippen LogP contribution in [0.15, 0.2) is 28.6 Å². The van der Waals surface area contributed by atoms with Crippen molar-refractivity contribution in [1.29, 1.82) is 0 Å². The molecule has 0 aliphatic carbocycles. The van der Waals surface area contributed by atoms with Gasteiger partial charge in [-0.3, -0.25) is 0 Å². The van der Waals surface area contributed by atoms with Gasteiger partial charge in [0.05, 0.1) is 18.0 Å². The summed E-state index contributed by atoms with van der Waals surface area (Å²) in [4.78, 5) is 0. The Morgan fingerprint density at radius 2 is 2.00 bits per heavy atom. The van der Waals surface area contributed by atoms with Crippen molar-refractivity contribution in [1.82, 2.24) is 25.0 Å². The number of nitrogens with zero attached hydrogens (tertiary/aromatic N) is 5. The average molecular weight is 377 g/mol. The summed E-state index contributed by atoms with van der Waals surface area (Å²) in [6, 6.07) is 7.80. The number of anilines is 2. The molecule has 7 nitrogen and oxygen atoms in total. The lowest BCUT2D eigenvalue weighted by molar-refractivity contribution is 0.342. The third kappa shape index (κ3) is 4.29. The molecule has 0 radical (unpaired) electrons. The van der Waals surface area contributed by atoms with Gasteiger partial charge in [0.25, 0.3) is 0 Å². The summed E-state index contributed by atoms with van der Waals surface area (Å²) >= 11 is 3.12. The van der Waals surface area contributed by atoms with Crippen LogP contribution in [0, 0.1) is 6.92 Å². The Hall–Kier alpha value is -2.13. The van der Waals surface area contributed by atoms with Crippen LogP contribution in [-0.2, 0) is 12.3 Å². The van der Waals surface area contributed by atoms with Crippen LogP contribution in [0.3, 0.4) is 0 Å². The maximum absolute atomic E-state index is 5.62. The van der Waals surface area contributed by atoms with Gasteiger partial charge in [0.15, 0.2) is 4.34 Å². The summed E-state index contributed by atoms with van der Waals surface area (Å²) in [6.07, 6.45) is 0. The summed E-state index contributed by atoms with van der Waals surface area (Å²) in [6.45, 7) is 7.51. The van der Waals surface area contributed by atoms with Crippen LogP contribution in [0.5, 0.6) is 5.75 Å². The number of aromatic nitrogens is 5. The van der Waals surface area contributed by atoms with Crippen molar-refractivity contribution in [2.75, 3.05) is 11.9 Å². The number of hydrogen-bond acceptors (Lipinski definition) is 8. The fourth-order valence-corrected chi connectivity index (χ4v) is 4.06. The molecule has 0 spiro atoms. The molecule has 9 heteroatoms. The van der Waals surface area contributed by atoms with Crippen LogP contribution in [0.2, 0.25) is 0 Å². The van der Waals surface area contributed by atoms with E-state index in [1.54, 1.807) is 11.8 Å². The first kappa shape index (κ1) is 17.7. The normalized spacial score (nSPS) is 10.8. The molecule has 2 aromatic heterocycles. The Morgan fingerprint density at radius 3 is 2.80 bits per heavy atom. The monoisotopic (exact) mass is 376 g/mol. The molecule has 1 aromatic carbocycles. The van der Waals surface area contributed by atoms with Gasteiger partial charge in [0, 0.05) is 6.54 Å². The Labute approximate surface area is 154 Å². The van der Waals surface area contributed by atoms with Crippen molar-refractivity contribution in [3.8, 4) is 5.75 Å². The highest BCUT2D eigenvalue weighted by Gasteiger charge is 2.11. The Morgan fingerprint density at radius 1 is 1.16 bits per heavy atom. The maximum Gasteiger partial charge on any atom is 0.210 e. The Bertz CT molecular complexity index is 832. The minimum absolute atomic E-state index is 0.618. The molecule has 25 heavy (non-hydrogen) atoms. The second kappa shape index (κ2) is 8.30. The second-order valence-electron chi connectivity index (χ2n) is 5.12. The van der Waals surface area contributed by atoms with Crippen molar-refractivity contribution < 1.29 is 4.74 Å². The van der Waals surface area contributed by atoms with Gasteiger partial charge in [-0.1, -0.05) is 35.2 Å². The van der Waals surface area contributed by atoms with Crippen molar-refractivity contribution >= 4 is 33.9 Å². The van der Waals surface area contributed by atoms with E-state index in [1.165, 1.54) is 11.3 Å². The quantitative estimate of drug-likeness (QED) is 0.598. The van der Waals surface area contributed by atoms with Gasteiger partial charge in [-0.15, -0.1) is 20.4 Å². The molecule has 0 saturated carbocycles. The predicted octanol–water partition coefficient (Wildman–Crippen LogP) is 3.89. The largest absolute Gasteiger partial charge is 0.492 e. The highest BCUT2D eigenvalue weighted by molar-refractivity contribution is 8.00. The number of aryl methyl sites for hydroxylation is 1. The molecule has 3 aromatic rings. The lowest BCUT2D eigenvalue weighted by atomic mass is 10.3. The molecule has 0 fully saturated rings. The van der Waals surface area contributed by atoms with E-state index in [2.05, 4.69) is 37.2 Å². The predicted molar refractivity (Wildman–Crippen MR) is 101 cm³/mol. The molecular formula is C16H20N6OS2. The van der Waals surface area contributed by atoms with Gasteiger partial charge in [-0.2, -0.15) is 0 Å². The lowest BCUT2D eigenvalue weighted by Crippen LogP contribution is -2.02. The molecule has 0 aliphatic rings. The van der Waals surface area contributed by atoms with E-state index in [0.29, 0.717) is 6.61 Å². The number of hydrogen-bond donors (Lipinski definition) is 1. The minimum atomic E-state index is 0.618. The molecule has 1 N–H and O–H groups in total. The van der Waals surface area contributed by atoms with Crippen LogP contribution >= 0.6 is 23.1 Å². The molecule has 0 bridgehead atoms. The molecule has 0 aliphatic heterocycles. The van der Waals surface area contributed by atoms with E-state index in [1.807, 2.05) is 38.1 Å². The molecule has 0 unspecified atom stereocenters. The lowest BCUT2D eigenvalue weighted by Gasteiger charge is -2.09. The Kier molecular flexibility index (Phi) is 5.87. The van der Waals surface area contributed by atoms with Crippen LogP contribution in [-0.4, -0.2) is 31.6 Å². The summed E-state index contributed by atoms with van der Waals surface area (Å²) in [7, 11) is 0. The highest BCUT2D eigenvalue weighted by atomic mass is 32.2. The molecular weight excluding hydrogens is 356 g/mol. The number of nitrogens with one attached hydrogen (secondary N) is 1. The van der Waals surface area contributed by atoms with Crippen LogP contribution < -0.4 is 10.1 Å². The van der Waals surface area contributed by atoms with Gasteiger partial charge in [0.2, 0.25) is 5.13 Å². The molecule has 3 rings (SSSR count). The van der Waals surface area contributed by atoms with Crippen molar-refractivity contribution in [2.45, 2.75) is 37.4 Å². The van der Waals surface area contributed by atoms with Crippen LogP contribution in [0.4, 0.5) is 10.8 Å². The van der Waals surface area contributed by atoms with Gasteiger partial charge >= 0.3 is 0 Å². The van der Waals surface area contributed by atoms with Crippen LogP contribution in [0.25, 0.3) is 0 Å². The maximum atomic E-state index is 5.62. The topological polar surface area (TPSA) is 77.8 Å². The fourth-order valence-electron chi connectivity index (χ4n) is 2.35. The summed E-state index contributed by atoms with van der Waals surface area (Å²) in [5.74, 6) is 3.42. The van der Waals surface area contributed by atoms with Crippen LogP contribution in [0.1, 0.15) is 25.5 Å². The number of benzene rings is 1. The van der Waals surface area contributed by atoms with E-state index >= 15 is 0 Å². The molecule has 0 amide bonds. The zero-order chi connectivity index (χ0) is 17.6. The zero-order valence-electron chi connectivity index (χ0n) is 14.4. The first-order valence-corrected chi connectivity index (χ1v) is 9.85. The van der Waals surface area contributed by atoms with Gasteiger partial charge in [0.1, 0.15) is 17.4 Å². The van der Waals surface area contributed by atoms with E-state index in [-0.39, 0.29) is 0 Å². The number of rotatable bonds is 8. The third-order valence-electron chi connectivity index (χ3n) is 3.49. The summed E-state index contributed by atoms with van der Waals surface area (Å²) in [5, 5.41) is 20.8. The SMILES string of the molecule is CCOc1ccccc1Nc1nnc(SCc2nnc(C)n2CC)s1. The standard InChI is InChI=1S/C16H20N6OS2/c1-4-22-11(3)18-19-14(22)10-24-16-21-20-15(25-16)17-12-8-6-7-9-13(12)23-5-2/h6-9H,4-5,10H2,1-3H3,(H,17,20). The first-order valence-electron chi connectivity index (χ1n) is 8.05. The smallest absolute Gasteiger partial charge is 0.210 e. The molecule has 0 saturated heterocycles. The van der Waals surface area contributed by atoms with Crippen molar-refractivity contribution in [3.05, 3.63) is 35.9 Å². The number of ether oxygens (including phenoxy) is 1. The molecule has 2 heterocycles. The summed E-state index contributed by atoms with van der Waals surface area (Å²) in [5.41, 5.74) is 0.887. The Balaban J connectivity index is 1.65. The van der Waals surface area contributed by atoms with Gasteiger partial charge in [-0.25, -0.2) is 0 Å².